The number of nitrogens with zero attached hydrogens (tertiary/aromatic N) is 4. The molecule has 4 atom stereocenters. The highest BCUT2D eigenvalue weighted by Gasteiger charge is 2.65. The molecule has 0 aromatic heterocycles. The van der Waals surface area contributed by atoms with E-state index in [-0.39, 0.29) is 16.9 Å². The van der Waals surface area contributed by atoms with Crippen LogP contribution >= 0.6 is 0 Å². The highest BCUT2D eigenvalue weighted by Crippen LogP contribution is 2.53. The number of carbonyl (C=O) groups excluding carboxylic acids is 3. The summed E-state index contributed by atoms with van der Waals surface area (Å²) < 4.78 is 13.6. The number of nitro groups is 1. The van der Waals surface area contributed by atoms with Gasteiger partial charge in [0.05, 0.1) is 34.7 Å². The Bertz CT molecular complexity index is 1540. The summed E-state index contributed by atoms with van der Waals surface area (Å²) in [5.41, 5.74) is 2.21. The Morgan fingerprint density at radius 3 is 2.41 bits per heavy atom. The van der Waals surface area contributed by atoms with Crippen LogP contribution < -0.4 is 4.90 Å². The summed E-state index contributed by atoms with van der Waals surface area (Å²) in [6, 6.07) is 14.5. The van der Waals surface area contributed by atoms with Crippen LogP contribution in [0.5, 0.6) is 0 Å². The minimum atomic E-state index is -1.09. The predicted octanol–water partition coefficient (Wildman–Crippen LogP) is 3.80. The van der Waals surface area contributed by atoms with Crippen molar-refractivity contribution in [2.24, 2.45) is 16.9 Å². The van der Waals surface area contributed by atoms with Gasteiger partial charge >= 0.3 is 0 Å². The number of hydrogen-bond donors (Lipinski definition) is 0. The minimum absolute atomic E-state index is 0.161. The van der Waals surface area contributed by atoms with Gasteiger partial charge in [-0.25, -0.2) is 9.29 Å². The lowest BCUT2D eigenvalue weighted by Gasteiger charge is -2.34. The summed E-state index contributed by atoms with van der Waals surface area (Å²) in [7, 11) is 0. The maximum atomic E-state index is 13.9. The highest BCUT2D eigenvalue weighted by atomic mass is 19.1. The number of nitro benzene ring substituents is 1. The van der Waals surface area contributed by atoms with Gasteiger partial charge in [0.2, 0.25) is 11.8 Å². The van der Waals surface area contributed by atoms with Crippen LogP contribution in [0, 0.1) is 34.7 Å². The molecule has 37 heavy (non-hydrogen) atoms. The lowest BCUT2D eigenvalue weighted by molar-refractivity contribution is -0.384. The van der Waals surface area contributed by atoms with Crippen molar-refractivity contribution in [3.8, 4) is 0 Å². The first-order valence-corrected chi connectivity index (χ1v) is 11.6. The number of ketones is 1. The van der Waals surface area contributed by atoms with Crippen molar-refractivity contribution in [3.05, 3.63) is 105 Å². The molecule has 0 spiro atoms. The van der Waals surface area contributed by atoms with Crippen LogP contribution in [0.4, 0.5) is 15.8 Å². The molecule has 6 rings (SSSR count). The second kappa shape index (κ2) is 8.16. The molecule has 9 nitrogen and oxygen atoms in total. The number of hydrogen-bond acceptors (Lipinski definition) is 7. The standard InChI is InChI=1S/C27H19FN4O5/c1-14-12-18(32(36)37)10-11-20(14)30-26(34)21-22(27(30)35)24(25(33)15-6-8-17(28)9-7-15)31-23(21)19-5-3-2-4-16(19)13-29-31/h2-13,21-24H,1H3/t21-,22+,23-,24-/m0/s1. The third-order valence-electron chi connectivity index (χ3n) is 7.32. The van der Waals surface area contributed by atoms with Crippen molar-refractivity contribution in [2.75, 3.05) is 4.90 Å². The summed E-state index contributed by atoms with van der Waals surface area (Å²) in [5.74, 6) is -3.98. The summed E-state index contributed by atoms with van der Waals surface area (Å²) in [6.07, 6.45) is 1.60. The fourth-order valence-corrected chi connectivity index (χ4v) is 5.69. The van der Waals surface area contributed by atoms with Crippen molar-refractivity contribution in [2.45, 2.75) is 19.0 Å². The Morgan fingerprint density at radius 1 is 1.00 bits per heavy atom. The van der Waals surface area contributed by atoms with Crippen LogP contribution in [0.1, 0.15) is 33.1 Å². The molecule has 3 heterocycles. The van der Waals surface area contributed by atoms with Crippen molar-refractivity contribution in [3.63, 3.8) is 0 Å². The molecular formula is C27H19FN4O5. The van der Waals surface area contributed by atoms with E-state index in [9.17, 15) is 28.9 Å². The molecule has 0 bridgehead atoms. The number of Topliss-reactive ketones (excluding diaryl/α,β-unsaturated/α-hetero) is 1. The first-order chi connectivity index (χ1) is 17.8. The predicted molar refractivity (Wildman–Crippen MR) is 130 cm³/mol. The van der Waals surface area contributed by atoms with E-state index < -0.39 is 52.3 Å². The van der Waals surface area contributed by atoms with Crippen LogP contribution in [0.2, 0.25) is 0 Å². The zero-order valence-electron chi connectivity index (χ0n) is 19.4. The Balaban J connectivity index is 1.49. The third kappa shape index (κ3) is 3.29. The SMILES string of the molecule is Cc1cc([N+](=O)[O-])ccc1N1C(=O)[C@@H]2[C@H](C1=O)[C@@H]1c3ccccc3C=NN1[C@@H]2C(=O)c1ccc(F)cc1. The first kappa shape index (κ1) is 22.7. The number of non-ortho nitro benzene ring substituents is 1. The molecule has 184 valence electrons. The third-order valence-corrected chi connectivity index (χ3v) is 7.32. The van der Waals surface area contributed by atoms with Gasteiger partial charge in [-0.2, -0.15) is 5.10 Å². The number of aryl methyl sites for hydroxylation is 1. The molecular weight excluding hydrogens is 479 g/mol. The largest absolute Gasteiger partial charge is 0.292 e. The number of imide groups is 1. The number of hydrazone groups is 1. The van der Waals surface area contributed by atoms with Crippen LogP contribution in [-0.4, -0.2) is 39.8 Å². The maximum Gasteiger partial charge on any atom is 0.269 e. The van der Waals surface area contributed by atoms with Crippen molar-refractivity contribution in [1.82, 2.24) is 5.01 Å². The fourth-order valence-electron chi connectivity index (χ4n) is 5.69. The van der Waals surface area contributed by atoms with Crippen molar-refractivity contribution < 1.29 is 23.7 Å². The number of anilines is 1. The molecule has 2 fully saturated rings. The summed E-state index contributed by atoms with van der Waals surface area (Å²) >= 11 is 0. The lowest BCUT2D eigenvalue weighted by Crippen LogP contribution is -2.44. The second-order valence-electron chi connectivity index (χ2n) is 9.31. The van der Waals surface area contributed by atoms with Gasteiger partial charge in [0.1, 0.15) is 11.9 Å². The second-order valence-corrected chi connectivity index (χ2v) is 9.31. The van der Waals surface area contributed by atoms with Gasteiger partial charge in [0.25, 0.3) is 5.69 Å². The maximum absolute atomic E-state index is 13.9. The van der Waals surface area contributed by atoms with Gasteiger partial charge in [0, 0.05) is 17.7 Å². The monoisotopic (exact) mass is 498 g/mol. The highest BCUT2D eigenvalue weighted by molar-refractivity contribution is 6.25. The van der Waals surface area contributed by atoms with E-state index in [0.29, 0.717) is 5.56 Å². The van der Waals surface area contributed by atoms with Gasteiger partial charge < -0.3 is 0 Å². The van der Waals surface area contributed by atoms with Gasteiger partial charge in [-0.1, -0.05) is 24.3 Å². The average molecular weight is 498 g/mol. The molecule has 10 heteroatoms. The van der Waals surface area contributed by atoms with E-state index in [1.165, 1.54) is 47.5 Å². The van der Waals surface area contributed by atoms with Gasteiger partial charge in [-0.3, -0.25) is 29.5 Å². The van der Waals surface area contributed by atoms with E-state index in [2.05, 4.69) is 5.10 Å². The smallest absolute Gasteiger partial charge is 0.269 e. The van der Waals surface area contributed by atoms with Crippen LogP contribution in [0.15, 0.2) is 71.8 Å². The normalized spacial score (nSPS) is 23.6. The van der Waals surface area contributed by atoms with Gasteiger partial charge in [0.15, 0.2) is 5.78 Å². The Hall–Kier alpha value is -4.73. The fraction of sp³-hybridized carbons (Fsp3) is 0.185. The van der Waals surface area contributed by atoms with Gasteiger partial charge in [-0.05, 0) is 53.9 Å². The van der Waals surface area contributed by atoms with Crippen LogP contribution in [-0.2, 0) is 9.59 Å². The van der Waals surface area contributed by atoms with Crippen LogP contribution in [0.3, 0.4) is 0 Å². The molecule has 0 N–H and O–H groups in total. The lowest BCUT2D eigenvalue weighted by atomic mass is 9.83. The number of rotatable bonds is 4. The zero-order valence-corrected chi connectivity index (χ0v) is 19.4. The van der Waals surface area contributed by atoms with E-state index in [1.807, 2.05) is 24.3 Å². The molecule has 2 amide bonds. The number of fused-ring (bicyclic) bond motifs is 5. The number of benzene rings is 3. The van der Waals surface area contributed by atoms with Crippen LogP contribution in [0.25, 0.3) is 0 Å². The molecule has 3 aromatic carbocycles. The number of halogens is 1. The summed E-state index contributed by atoms with van der Waals surface area (Å²) in [5, 5.41) is 17.2. The molecule has 2 saturated heterocycles. The molecule has 0 saturated carbocycles. The van der Waals surface area contributed by atoms with E-state index >= 15 is 0 Å². The Kier molecular flexibility index (Phi) is 5.01. The van der Waals surface area contributed by atoms with E-state index in [4.69, 9.17) is 0 Å². The molecule has 3 aliphatic heterocycles. The molecule has 0 aliphatic carbocycles. The van der Waals surface area contributed by atoms with Crippen molar-refractivity contribution >= 4 is 35.2 Å². The molecule has 0 radical (unpaired) electrons. The molecule has 3 aliphatic rings. The van der Waals surface area contributed by atoms with E-state index in [1.54, 1.807) is 13.1 Å². The molecule has 3 aromatic rings. The number of amides is 2. The Morgan fingerprint density at radius 2 is 1.70 bits per heavy atom. The number of carbonyl (C=O) groups is 3. The summed E-state index contributed by atoms with van der Waals surface area (Å²) in [4.78, 5) is 53.3. The minimum Gasteiger partial charge on any atom is -0.292 e. The zero-order chi connectivity index (χ0) is 26.0. The van der Waals surface area contributed by atoms with Crippen molar-refractivity contribution in [1.29, 1.82) is 0 Å². The Labute approximate surface area is 210 Å². The first-order valence-electron chi connectivity index (χ1n) is 11.6. The average Bonchev–Trinajstić information content (AvgIpc) is 3.36. The summed E-state index contributed by atoms with van der Waals surface area (Å²) in [6.45, 7) is 1.59. The van der Waals surface area contributed by atoms with E-state index in [0.717, 1.165) is 16.0 Å². The topological polar surface area (TPSA) is 113 Å². The quantitative estimate of drug-likeness (QED) is 0.234. The van der Waals surface area contributed by atoms with Gasteiger partial charge in [-0.15, -0.1) is 0 Å². The molecule has 0 unspecified atom stereocenters.